The molecule has 0 aromatic rings. The predicted octanol–water partition coefficient (Wildman–Crippen LogP) is 6.28. The van der Waals surface area contributed by atoms with E-state index in [9.17, 15) is 0 Å². The average molecular weight is 390 g/mol. The summed E-state index contributed by atoms with van der Waals surface area (Å²) in [6.45, 7) is 15.1. The fraction of sp³-hybridized carbons (Fsp3) is 0.778. The Bertz CT molecular complexity index is 323. The molecule has 0 saturated carbocycles. The lowest BCUT2D eigenvalue weighted by atomic mass is 9.91. The molecule has 0 N–H and O–H groups in total. The second kappa shape index (κ2) is 9.24. The van der Waals surface area contributed by atoms with Crippen LogP contribution in [0.15, 0.2) is 22.3 Å². The molecule has 0 aromatic carbocycles. The molecule has 1 saturated heterocycles. The molecule has 0 spiro atoms. The summed E-state index contributed by atoms with van der Waals surface area (Å²) in [5, 5.41) is 0. The van der Waals surface area contributed by atoms with Gasteiger partial charge in [0, 0.05) is 0 Å². The van der Waals surface area contributed by atoms with Gasteiger partial charge in [-0.05, 0) is 75.7 Å². The van der Waals surface area contributed by atoms with Gasteiger partial charge < -0.3 is 4.74 Å². The third kappa shape index (κ3) is 6.30. The first-order valence-corrected chi connectivity index (χ1v) is 9.19. The normalized spacial score (nSPS) is 25.7. The lowest BCUT2D eigenvalue weighted by molar-refractivity contribution is 0.0389. The fourth-order valence-corrected chi connectivity index (χ4v) is 3.21. The van der Waals surface area contributed by atoms with Gasteiger partial charge in [0.1, 0.15) is 0 Å². The monoisotopic (exact) mass is 390 g/mol. The van der Waals surface area contributed by atoms with E-state index in [1.807, 2.05) is 0 Å². The van der Waals surface area contributed by atoms with Crippen LogP contribution in [0.3, 0.4) is 0 Å². The van der Waals surface area contributed by atoms with Crippen LogP contribution in [-0.4, -0.2) is 12.2 Å². The second-order valence-corrected chi connectivity index (χ2v) is 7.90. The number of ether oxygens (including phenoxy) is 1. The van der Waals surface area contributed by atoms with E-state index in [0.29, 0.717) is 18.1 Å². The molecule has 1 rings (SSSR count). The first-order chi connectivity index (χ1) is 9.43. The maximum absolute atomic E-state index is 6.16. The van der Waals surface area contributed by atoms with E-state index in [0.717, 1.165) is 18.8 Å². The summed E-state index contributed by atoms with van der Waals surface area (Å²) in [6, 6.07) is 0. The molecule has 0 bridgehead atoms. The van der Waals surface area contributed by atoms with E-state index in [2.05, 4.69) is 56.5 Å². The summed E-state index contributed by atoms with van der Waals surface area (Å²) in [6.07, 6.45) is 9.19. The van der Waals surface area contributed by atoms with Crippen LogP contribution in [0.2, 0.25) is 0 Å². The maximum Gasteiger partial charge on any atom is 0.0787 e. The number of hydrogen-bond acceptors (Lipinski definition) is 1. The molecule has 1 nitrogen and oxygen atoms in total. The summed E-state index contributed by atoms with van der Waals surface area (Å²) >= 11 is 2.35. The molecule has 2 heteroatoms. The highest BCUT2D eigenvalue weighted by Gasteiger charge is 2.28. The highest BCUT2D eigenvalue weighted by atomic mass is 127. The van der Waals surface area contributed by atoms with Gasteiger partial charge >= 0.3 is 0 Å². The van der Waals surface area contributed by atoms with Crippen LogP contribution in [0.4, 0.5) is 0 Å². The third-order valence-corrected chi connectivity index (χ3v) is 5.46. The minimum Gasteiger partial charge on any atom is -0.370 e. The van der Waals surface area contributed by atoms with E-state index >= 15 is 0 Å². The molecule has 0 aliphatic carbocycles. The summed E-state index contributed by atoms with van der Waals surface area (Å²) in [4.78, 5) is 0. The van der Waals surface area contributed by atoms with Gasteiger partial charge in [0.25, 0.3) is 0 Å². The molecule has 1 aliphatic heterocycles. The molecule has 1 fully saturated rings. The van der Waals surface area contributed by atoms with Crippen LogP contribution in [0.5, 0.6) is 0 Å². The van der Waals surface area contributed by atoms with E-state index in [1.54, 1.807) is 0 Å². The number of unbranched alkanes of at least 4 members (excludes halogenated alkanes) is 1. The van der Waals surface area contributed by atoms with E-state index < -0.39 is 0 Å². The minimum atomic E-state index is 0.317. The van der Waals surface area contributed by atoms with Crippen molar-refractivity contribution in [3.05, 3.63) is 22.3 Å². The largest absolute Gasteiger partial charge is 0.370 e. The fourth-order valence-electron chi connectivity index (χ4n) is 2.96. The zero-order valence-corrected chi connectivity index (χ0v) is 15.6. The van der Waals surface area contributed by atoms with Crippen molar-refractivity contribution in [1.29, 1.82) is 0 Å². The Labute approximate surface area is 139 Å². The van der Waals surface area contributed by atoms with Crippen molar-refractivity contribution in [2.24, 2.45) is 11.8 Å². The smallest absolute Gasteiger partial charge is 0.0787 e. The summed E-state index contributed by atoms with van der Waals surface area (Å²) < 4.78 is 7.43. The Morgan fingerprint density at radius 1 is 1.40 bits per heavy atom. The van der Waals surface area contributed by atoms with Crippen LogP contribution < -0.4 is 0 Å². The van der Waals surface area contributed by atoms with Crippen molar-refractivity contribution in [3.8, 4) is 0 Å². The van der Waals surface area contributed by atoms with Crippen LogP contribution in [0.1, 0.15) is 65.7 Å². The quantitative estimate of drug-likeness (QED) is 0.332. The van der Waals surface area contributed by atoms with Gasteiger partial charge in [0.15, 0.2) is 0 Å². The molecule has 0 radical (unpaired) electrons. The Kier molecular flexibility index (Phi) is 8.42. The summed E-state index contributed by atoms with van der Waals surface area (Å²) in [5.74, 6) is 1.36. The minimum absolute atomic E-state index is 0.317. The van der Waals surface area contributed by atoms with Crippen molar-refractivity contribution in [3.63, 3.8) is 0 Å². The van der Waals surface area contributed by atoms with Crippen LogP contribution in [-0.2, 0) is 4.74 Å². The maximum atomic E-state index is 6.16. The standard InChI is InChI=1S/C18H31IO/c1-6-7-8-17-12-15(4)18(20-17)10-9-13(2)11-14(3)16(5)19/h13-14,17-18H,4-12H2,1-3H3/t13-,14-,17+,18?/m1/s1. The molecular weight excluding hydrogens is 359 g/mol. The number of allylic oxidation sites excluding steroid dienone is 1. The Morgan fingerprint density at radius 2 is 2.10 bits per heavy atom. The molecule has 1 heterocycles. The van der Waals surface area contributed by atoms with Gasteiger partial charge in [-0.15, -0.1) is 0 Å². The van der Waals surface area contributed by atoms with Crippen molar-refractivity contribution >= 4 is 22.6 Å². The molecule has 1 unspecified atom stereocenters. The predicted molar refractivity (Wildman–Crippen MR) is 97.3 cm³/mol. The van der Waals surface area contributed by atoms with E-state index in [-0.39, 0.29) is 0 Å². The molecule has 1 aliphatic rings. The lowest BCUT2D eigenvalue weighted by Gasteiger charge is -2.19. The van der Waals surface area contributed by atoms with Gasteiger partial charge in [-0.1, -0.05) is 46.8 Å². The zero-order valence-electron chi connectivity index (χ0n) is 13.5. The van der Waals surface area contributed by atoms with Crippen LogP contribution in [0, 0.1) is 11.8 Å². The highest BCUT2D eigenvalue weighted by Crippen LogP contribution is 2.32. The summed E-state index contributed by atoms with van der Waals surface area (Å²) in [7, 11) is 0. The highest BCUT2D eigenvalue weighted by molar-refractivity contribution is 14.1. The van der Waals surface area contributed by atoms with Crippen LogP contribution >= 0.6 is 22.6 Å². The van der Waals surface area contributed by atoms with Gasteiger partial charge in [-0.25, -0.2) is 0 Å². The first-order valence-electron chi connectivity index (χ1n) is 8.11. The van der Waals surface area contributed by atoms with Gasteiger partial charge in [0.2, 0.25) is 0 Å². The van der Waals surface area contributed by atoms with E-state index in [1.165, 1.54) is 41.3 Å². The Hall–Kier alpha value is 0.170. The lowest BCUT2D eigenvalue weighted by Crippen LogP contribution is -2.13. The van der Waals surface area contributed by atoms with Gasteiger partial charge in [-0.3, -0.25) is 0 Å². The van der Waals surface area contributed by atoms with Gasteiger partial charge in [0.05, 0.1) is 12.2 Å². The Balaban J connectivity index is 2.27. The zero-order chi connectivity index (χ0) is 15.1. The van der Waals surface area contributed by atoms with Crippen molar-refractivity contribution in [2.75, 3.05) is 0 Å². The van der Waals surface area contributed by atoms with E-state index in [4.69, 9.17) is 4.74 Å². The molecule has 4 atom stereocenters. The topological polar surface area (TPSA) is 9.23 Å². The molecule has 0 aromatic heterocycles. The molecule has 116 valence electrons. The SMILES string of the molecule is C=C1C[C@H](CCCC)OC1CC[C@@H](C)C[C@@H](C)C(=C)I. The summed E-state index contributed by atoms with van der Waals surface area (Å²) in [5.41, 5.74) is 1.32. The molecule has 0 amide bonds. The van der Waals surface area contributed by atoms with Crippen molar-refractivity contribution < 1.29 is 4.74 Å². The molecular formula is C18H31IO. The number of hydrogen-bond donors (Lipinski definition) is 0. The average Bonchev–Trinajstić information content (AvgIpc) is 2.74. The number of rotatable bonds is 9. The first kappa shape index (κ1) is 18.2. The number of halogens is 1. The second-order valence-electron chi connectivity index (χ2n) is 6.52. The van der Waals surface area contributed by atoms with Crippen molar-refractivity contribution in [1.82, 2.24) is 0 Å². The third-order valence-electron chi connectivity index (χ3n) is 4.39. The van der Waals surface area contributed by atoms with Gasteiger partial charge in [-0.2, -0.15) is 0 Å². The van der Waals surface area contributed by atoms with Crippen LogP contribution in [0.25, 0.3) is 0 Å². The Morgan fingerprint density at radius 3 is 2.70 bits per heavy atom. The molecule has 20 heavy (non-hydrogen) atoms. The van der Waals surface area contributed by atoms with Crippen molar-refractivity contribution in [2.45, 2.75) is 77.9 Å².